The average Bonchev–Trinajstić information content (AvgIpc) is 3.39. The fourth-order valence-corrected chi connectivity index (χ4v) is 6.94. The van der Waals surface area contributed by atoms with Gasteiger partial charge < -0.3 is 19.9 Å². The third kappa shape index (κ3) is 5.96. The highest BCUT2D eigenvalue weighted by atomic mass is 32.2. The van der Waals surface area contributed by atoms with E-state index in [1.807, 2.05) is 20.8 Å². The summed E-state index contributed by atoms with van der Waals surface area (Å²) in [5, 5.41) is 1.58. The SMILES string of the molecule is CC(C)(C)CC(CC(=O)N1CCOCC1)C(=O)N1C2=C(CC1S(=O)(=O)Cc1ccc[nH]c1=O)NCC2=O. The van der Waals surface area contributed by atoms with Gasteiger partial charge in [0.25, 0.3) is 5.56 Å². The van der Waals surface area contributed by atoms with Crippen LogP contribution in [0.5, 0.6) is 0 Å². The van der Waals surface area contributed by atoms with Crippen LogP contribution in [0.25, 0.3) is 0 Å². The number of H-pyrrole nitrogens is 1. The molecule has 2 unspecified atom stereocenters. The summed E-state index contributed by atoms with van der Waals surface area (Å²) in [6, 6.07) is 2.95. The first kappa shape index (κ1) is 27.1. The number of rotatable bonds is 7. The van der Waals surface area contributed by atoms with Crippen molar-refractivity contribution in [2.75, 3.05) is 32.8 Å². The van der Waals surface area contributed by atoms with Crippen molar-refractivity contribution in [2.45, 2.75) is 51.2 Å². The lowest BCUT2D eigenvalue weighted by Gasteiger charge is -2.34. The fraction of sp³-hybridized carbons (Fsp3) is 0.600. The zero-order chi connectivity index (χ0) is 27.0. The number of aromatic amines is 1. The van der Waals surface area contributed by atoms with Crippen molar-refractivity contribution in [3.63, 3.8) is 0 Å². The molecule has 1 aromatic rings. The lowest BCUT2D eigenvalue weighted by atomic mass is 9.82. The largest absolute Gasteiger partial charge is 0.379 e. The maximum absolute atomic E-state index is 14.1. The van der Waals surface area contributed by atoms with E-state index in [1.54, 1.807) is 4.90 Å². The predicted molar refractivity (Wildman–Crippen MR) is 135 cm³/mol. The second-order valence-corrected chi connectivity index (χ2v) is 13.1. The summed E-state index contributed by atoms with van der Waals surface area (Å²) in [6.45, 7) is 7.52. The highest BCUT2D eigenvalue weighted by Crippen LogP contribution is 2.38. The van der Waals surface area contributed by atoms with Gasteiger partial charge in [-0.25, -0.2) is 8.42 Å². The number of ether oxygens (including phenoxy) is 1. The average molecular weight is 535 g/mol. The van der Waals surface area contributed by atoms with Crippen LogP contribution in [0.1, 0.15) is 45.6 Å². The molecule has 1 saturated heterocycles. The Kier molecular flexibility index (Phi) is 7.61. The summed E-state index contributed by atoms with van der Waals surface area (Å²) >= 11 is 0. The maximum Gasteiger partial charge on any atom is 0.252 e. The number of morpholine rings is 1. The van der Waals surface area contributed by atoms with E-state index in [1.165, 1.54) is 18.3 Å². The van der Waals surface area contributed by atoms with Gasteiger partial charge in [0.15, 0.2) is 15.6 Å². The third-order valence-corrected chi connectivity index (χ3v) is 8.74. The van der Waals surface area contributed by atoms with E-state index in [2.05, 4.69) is 10.3 Å². The normalized spacial score (nSPS) is 21.2. The Morgan fingerprint density at radius 2 is 1.89 bits per heavy atom. The summed E-state index contributed by atoms with van der Waals surface area (Å²) in [7, 11) is -4.08. The van der Waals surface area contributed by atoms with Crippen molar-refractivity contribution in [3.8, 4) is 0 Å². The monoisotopic (exact) mass is 534 g/mol. The first-order valence-electron chi connectivity index (χ1n) is 12.4. The number of sulfone groups is 1. The van der Waals surface area contributed by atoms with Gasteiger partial charge in [0.05, 0.1) is 25.5 Å². The number of carbonyl (C=O) groups is 3. The maximum atomic E-state index is 14.1. The van der Waals surface area contributed by atoms with E-state index in [-0.39, 0.29) is 47.8 Å². The van der Waals surface area contributed by atoms with Gasteiger partial charge in [-0.2, -0.15) is 0 Å². The Labute approximate surface area is 216 Å². The van der Waals surface area contributed by atoms with E-state index in [0.29, 0.717) is 38.4 Å². The van der Waals surface area contributed by atoms with Gasteiger partial charge in [0.2, 0.25) is 11.8 Å². The summed E-state index contributed by atoms with van der Waals surface area (Å²) in [4.78, 5) is 57.4. The Balaban J connectivity index is 1.66. The molecule has 2 amide bonds. The standard InChI is InChI=1S/C25H34N4O7S/c1-25(2,3)13-17(11-20(31)28-7-9-36-10-8-28)24(33)29-21(12-18-22(29)19(30)14-27-18)37(34,35)15-16-5-4-6-26-23(16)32/h4-6,17,21,27H,7-15H2,1-3H3,(H,26,32). The van der Waals surface area contributed by atoms with Gasteiger partial charge in [-0.1, -0.05) is 26.8 Å². The van der Waals surface area contributed by atoms with Crippen molar-refractivity contribution in [1.82, 2.24) is 20.1 Å². The molecule has 1 fully saturated rings. The molecule has 2 atom stereocenters. The van der Waals surface area contributed by atoms with Crippen molar-refractivity contribution < 1.29 is 27.5 Å². The van der Waals surface area contributed by atoms with E-state index < -0.39 is 38.3 Å². The van der Waals surface area contributed by atoms with E-state index in [0.717, 1.165) is 4.90 Å². The first-order valence-corrected chi connectivity index (χ1v) is 14.2. The zero-order valence-corrected chi connectivity index (χ0v) is 22.2. The zero-order valence-electron chi connectivity index (χ0n) is 21.4. The Morgan fingerprint density at radius 1 is 1.19 bits per heavy atom. The number of carbonyl (C=O) groups excluding carboxylic acids is 3. The number of hydrogen-bond donors (Lipinski definition) is 2. The number of ketones is 1. The quantitative estimate of drug-likeness (QED) is 0.515. The van der Waals surface area contributed by atoms with Crippen molar-refractivity contribution in [2.24, 2.45) is 11.3 Å². The van der Waals surface area contributed by atoms with Crippen molar-refractivity contribution in [3.05, 3.63) is 45.6 Å². The molecule has 3 aliphatic heterocycles. The summed E-state index contributed by atoms with van der Waals surface area (Å²) in [5.74, 6) is -2.54. The number of aromatic nitrogens is 1. The van der Waals surface area contributed by atoms with Crippen LogP contribution in [0.3, 0.4) is 0 Å². The molecule has 2 N–H and O–H groups in total. The molecule has 12 heteroatoms. The molecule has 0 bridgehead atoms. The molecule has 37 heavy (non-hydrogen) atoms. The van der Waals surface area contributed by atoms with Crippen LogP contribution in [0.4, 0.5) is 0 Å². The molecule has 0 aliphatic carbocycles. The smallest absolute Gasteiger partial charge is 0.252 e. The molecule has 0 radical (unpaired) electrons. The lowest BCUT2D eigenvalue weighted by molar-refractivity contribution is -0.143. The minimum Gasteiger partial charge on any atom is -0.379 e. The van der Waals surface area contributed by atoms with Crippen LogP contribution in [-0.4, -0.2) is 79.0 Å². The molecule has 4 rings (SSSR count). The molecular weight excluding hydrogens is 500 g/mol. The van der Waals surface area contributed by atoms with Crippen molar-refractivity contribution >= 4 is 27.4 Å². The third-order valence-electron chi connectivity index (χ3n) is 6.82. The number of pyridine rings is 1. The van der Waals surface area contributed by atoms with Gasteiger partial charge in [-0.3, -0.25) is 24.1 Å². The molecule has 3 aliphatic rings. The topological polar surface area (TPSA) is 146 Å². The van der Waals surface area contributed by atoms with Crippen molar-refractivity contribution in [1.29, 1.82) is 0 Å². The van der Waals surface area contributed by atoms with Crippen LogP contribution in [-0.2, 0) is 34.7 Å². The molecular formula is C25H34N4O7S. The molecule has 11 nitrogen and oxygen atoms in total. The number of nitrogens with one attached hydrogen (secondary N) is 2. The first-order chi connectivity index (χ1) is 17.4. The van der Waals surface area contributed by atoms with E-state index in [9.17, 15) is 27.6 Å². The second-order valence-electron chi connectivity index (χ2n) is 11.0. The summed E-state index contributed by atoms with van der Waals surface area (Å²) < 4.78 is 32.5. The number of Topliss-reactive ketones (excluding diaryl/α,β-unsaturated/α-hetero) is 1. The van der Waals surface area contributed by atoms with Gasteiger partial charge in [0.1, 0.15) is 11.1 Å². The van der Waals surface area contributed by atoms with Gasteiger partial charge >= 0.3 is 0 Å². The molecule has 4 heterocycles. The van der Waals surface area contributed by atoms with Gasteiger partial charge in [-0.15, -0.1) is 0 Å². The molecule has 0 aromatic carbocycles. The highest BCUT2D eigenvalue weighted by Gasteiger charge is 2.49. The van der Waals surface area contributed by atoms with E-state index in [4.69, 9.17) is 4.74 Å². The van der Waals surface area contributed by atoms with Crippen LogP contribution in [0.2, 0.25) is 0 Å². The number of amides is 2. The number of hydrogen-bond acceptors (Lipinski definition) is 8. The van der Waals surface area contributed by atoms with Gasteiger partial charge in [0, 0.05) is 49.3 Å². The lowest BCUT2D eigenvalue weighted by Crippen LogP contribution is -2.48. The van der Waals surface area contributed by atoms with Crippen LogP contribution < -0.4 is 10.9 Å². The molecule has 202 valence electrons. The molecule has 1 aromatic heterocycles. The van der Waals surface area contributed by atoms with Gasteiger partial charge in [-0.05, 0) is 17.9 Å². The Morgan fingerprint density at radius 3 is 2.54 bits per heavy atom. The van der Waals surface area contributed by atoms with E-state index >= 15 is 0 Å². The van der Waals surface area contributed by atoms with Crippen LogP contribution in [0.15, 0.2) is 34.5 Å². The number of nitrogens with zero attached hydrogens (tertiary/aromatic N) is 2. The minimum atomic E-state index is -4.08. The Bertz CT molecular complexity index is 1270. The predicted octanol–water partition coefficient (Wildman–Crippen LogP) is 0.533. The second kappa shape index (κ2) is 10.4. The molecule has 0 spiro atoms. The molecule has 0 saturated carbocycles. The highest BCUT2D eigenvalue weighted by molar-refractivity contribution is 7.91. The van der Waals surface area contributed by atoms with Crippen LogP contribution in [0, 0.1) is 11.3 Å². The Hall–Kier alpha value is -2.99. The summed E-state index contributed by atoms with van der Waals surface area (Å²) in [5.41, 5.74) is -0.360. The minimum absolute atomic E-state index is 0.0176. The van der Waals surface area contributed by atoms with Crippen LogP contribution >= 0.6 is 0 Å². The summed E-state index contributed by atoms with van der Waals surface area (Å²) in [6.07, 6.45) is 1.57. The fourth-order valence-electron chi connectivity index (χ4n) is 5.14.